The second kappa shape index (κ2) is 6.75. The van der Waals surface area contributed by atoms with Gasteiger partial charge in [0.2, 0.25) is 0 Å². The Hall–Kier alpha value is -2.83. The Balaban J connectivity index is 2.16. The van der Waals surface area contributed by atoms with Crippen LogP contribution in [0.25, 0.3) is 0 Å². The van der Waals surface area contributed by atoms with Gasteiger partial charge in [-0.2, -0.15) is 4.98 Å². The highest BCUT2D eigenvalue weighted by Gasteiger charge is 2.13. The first-order chi connectivity index (χ1) is 10.5. The van der Waals surface area contributed by atoms with Crippen molar-refractivity contribution in [3.05, 3.63) is 36.0 Å². The Morgan fingerprint density at radius 2 is 1.86 bits per heavy atom. The zero-order valence-corrected chi connectivity index (χ0v) is 13.0. The normalized spacial score (nSPS) is 10.0. The molecule has 2 aromatic rings. The summed E-state index contributed by atoms with van der Waals surface area (Å²) in [6, 6.07) is 7.44. The third kappa shape index (κ3) is 3.63. The van der Waals surface area contributed by atoms with Crippen molar-refractivity contribution in [2.75, 3.05) is 36.7 Å². The van der Waals surface area contributed by atoms with Crippen LogP contribution in [0.5, 0.6) is 6.01 Å². The van der Waals surface area contributed by atoms with Crippen LogP contribution in [0.3, 0.4) is 0 Å². The Bertz CT molecular complexity index is 673. The topological polar surface area (TPSA) is 79.4 Å². The van der Waals surface area contributed by atoms with Crippen molar-refractivity contribution in [2.45, 2.75) is 6.92 Å². The van der Waals surface area contributed by atoms with Crippen molar-refractivity contribution in [3.8, 4) is 6.01 Å². The van der Waals surface area contributed by atoms with Crippen LogP contribution in [0.1, 0.15) is 5.56 Å². The molecule has 0 bridgehead atoms. The second-order valence-corrected chi connectivity index (χ2v) is 4.88. The number of anilines is 3. The SMILES string of the molecule is COc1ncc(NC(=O)Nc2ccccc2C)c(N(C)C)n1. The Kier molecular flexibility index (Phi) is 4.77. The molecule has 2 rings (SSSR count). The summed E-state index contributed by atoms with van der Waals surface area (Å²) < 4.78 is 5.00. The zero-order chi connectivity index (χ0) is 16.1. The molecule has 116 valence electrons. The van der Waals surface area contributed by atoms with Gasteiger partial charge >= 0.3 is 12.0 Å². The second-order valence-electron chi connectivity index (χ2n) is 4.88. The summed E-state index contributed by atoms with van der Waals surface area (Å²) >= 11 is 0. The van der Waals surface area contributed by atoms with Gasteiger partial charge in [-0.15, -0.1) is 0 Å². The number of carbonyl (C=O) groups excluding carboxylic acids is 1. The summed E-state index contributed by atoms with van der Waals surface area (Å²) in [5, 5.41) is 5.54. The van der Waals surface area contributed by atoms with E-state index in [-0.39, 0.29) is 12.0 Å². The van der Waals surface area contributed by atoms with Gasteiger partial charge in [0, 0.05) is 19.8 Å². The lowest BCUT2D eigenvalue weighted by molar-refractivity contribution is 0.262. The number of hydrogen-bond acceptors (Lipinski definition) is 5. The number of amides is 2. The van der Waals surface area contributed by atoms with Crippen LogP contribution in [0.15, 0.2) is 30.5 Å². The fourth-order valence-corrected chi connectivity index (χ4v) is 1.87. The van der Waals surface area contributed by atoms with Gasteiger partial charge in [-0.05, 0) is 18.6 Å². The van der Waals surface area contributed by atoms with E-state index in [1.165, 1.54) is 13.3 Å². The molecule has 1 heterocycles. The van der Waals surface area contributed by atoms with Gasteiger partial charge < -0.3 is 20.3 Å². The number of methoxy groups -OCH3 is 1. The number of hydrogen-bond donors (Lipinski definition) is 2. The van der Waals surface area contributed by atoms with E-state index in [0.29, 0.717) is 11.5 Å². The highest BCUT2D eigenvalue weighted by atomic mass is 16.5. The van der Waals surface area contributed by atoms with Crippen molar-refractivity contribution in [1.82, 2.24) is 9.97 Å². The number of para-hydroxylation sites is 1. The summed E-state index contributed by atoms with van der Waals surface area (Å²) in [4.78, 5) is 22.1. The Morgan fingerprint density at radius 3 is 2.50 bits per heavy atom. The fraction of sp³-hybridized carbons (Fsp3) is 0.267. The average molecular weight is 301 g/mol. The van der Waals surface area contributed by atoms with Gasteiger partial charge in [-0.1, -0.05) is 18.2 Å². The maximum absolute atomic E-state index is 12.1. The number of nitrogens with one attached hydrogen (secondary N) is 2. The van der Waals surface area contributed by atoms with E-state index in [9.17, 15) is 4.79 Å². The quantitative estimate of drug-likeness (QED) is 0.907. The molecule has 0 unspecified atom stereocenters. The standard InChI is InChI=1S/C15H19N5O2/c1-10-7-5-6-8-11(10)17-14(21)18-12-9-16-15(22-4)19-13(12)20(2)3/h5-9H,1-4H3,(H2,17,18,21). The van der Waals surface area contributed by atoms with E-state index in [2.05, 4.69) is 20.6 Å². The predicted molar refractivity (Wildman–Crippen MR) is 86.7 cm³/mol. The Morgan fingerprint density at radius 1 is 1.18 bits per heavy atom. The van der Waals surface area contributed by atoms with Crippen molar-refractivity contribution in [3.63, 3.8) is 0 Å². The molecule has 1 aromatic carbocycles. The van der Waals surface area contributed by atoms with Crippen LogP contribution in [0.2, 0.25) is 0 Å². The van der Waals surface area contributed by atoms with Crippen molar-refractivity contribution >= 4 is 23.2 Å². The summed E-state index contributed by atoms with van der Waals surface area (Å²) in [5.74, 6) is 0.562. The highest BCUT2D eigenvalue weighted by molar-refractivity contribution is 6.01. The van der Waals surface area contributed by atoms with Crippen LogP contribution in [-0.4, -0.2) is 37.2 Å². The number of aryl methyl sites for hydroxylation is 1. The molecule has 7 heteroatoms. The molecule has 0 aliphatic carbocycles. The lowest BCUT2D eigenvalue weighted by Crippen LogP contribution is -2.23. The molecule has 0 saturated heterocycles. The number of carbonyl (C=O) groups is 1. The number of benzene rings is 1. The van der Waals surface area contributed by atoms with Crippen LogP contribution in [0.4, 0.5) is 22.0 Å². The van der Waals surface area contributed by atoms with E-state index in [0.717, 1.165) is 11.3 Å². The van der Waals surface area contributed by atoms with E-state index < -0.39 is 0 Å². The number of urea groups is 1. The molecule has 22 heavy (non-hydrogen) atoms. The molecule has 7 nitrogen and oxygen atoms in total. The third-order valence-corrected chi connectivity index (χ3v) is 2.99. The van der Waals surface area contributed by atoms with Gasteiger partial charge in [-0.3, -0.25) is 0 Å². The molecule has 0 fully saturated rings. The lowest BCUT2D eigenvalue weighted by Gasteiger charge is -2.17. The summed E-state index contributed by atoms with van der Waals surface area (Å²) in [5.41, 5.74) is 2.23. The molecule has 0 aliphatic rings. The number of aromatic nitrogens is 2. The van der Waals surface area contributed by atoms with Crippen LogP contribution >= 0.6 is 0 Å². The Labute approximate surface area is 129 Å². The predicted octanol–water partition coefficient (Wildman–Crippen LogP) is 2.50. The minimum absolute atomic E-state index is 0.244. The van der Waals surface area contributed by atoms with Gasteiger partial charge in [0.25, 0.3) is 0 Å². The molecule has 0 aliphatic heterocycles. The van der Waals surface area contributed by atoms with E-state index in [4.69, 9.17) is 4.74 Å². The minimum atomic E-state index is -0.355. The molecule has 0 saturated carbocycles. The maximum Gasteiger partial charge on any atom is 0.323 e. The van der Waals surface area contributed by atoms with E-state index >= 15 is 0 Å². The summed E-state index contributed by atoms with van der Waals surface area (Å²) in [6.45, 7) is 1.93. The van der Waals surface area contributed by atoms with Crippen LogP contribution in [0, 0.1) is 6.92 Å². The van der Waals surface area contributed by atoms with Crippen LogP contribution in [-0.2, 0) is 0 Å². The first kappa shape index (κ1) is 15.6. The molecule has 2 amide bonds. The number of rotatable bonds is 4. The van der Waals surface area contributed by atoms with Gasteiger partial charge in [0.15, 0.2) is 5.82 Å². The molecular formula is C15H19N5O2. The maximum atomic E-state index is 12.1. The van der Waals surface area contributed by atoms with Crippen molar-refractivity contribution in [1.29, 1.82) is 0 Å². The lowest BCUT2D eigenvalue weighted by atomic mass is 10.2. The first-order valence-electron chi connectivity index (χ1n) is 6.73. The molecule has 0 radical (unpaired) electrons. The van der Waals surface area contributed by atoms with E-state index in [1.54, 1.807) is 4.90 Å². The summed E-state index contributed by atoms with van der Waals surface area (Å²) in [7, 11) is 5.14. The molecule has 2 N–H and O–H groups in total. The minimum Gasteiger partial charge on any atom is -0.467 e. The van der Waals surface area contributed by atoms with Crippen molar-refractivity contribution in [2.24, 2.45) is 0 Å². The fourth-order valence-electron chi connectivity index (χ4n) is 1.87. The molecule has 0 spiro atoms. The zero-order valence-electron chi connectivity index (χ0n) is 13.0. The number of nitrogens with zero attached hydrogens (tertiary/aromatic N) is 3. The van der Waals surface area contributed by atoms with Gasteiger partial charge in [0.1, 0.15) is 5.69 Å². The highest BCUT2D eigenvalue weighted by Crippen LogP contribution is 2.23. The molecule has 1 aromatic heterocycles. The van der Waals surface area contributed by atoms with Crippen LogP contribution < -0.4 is 20.3 Å². The monoisotopic (exact) mass is 301 g/mol. The molecule has 0 atom stereocenters. The van der Waals surface area contributed by atoms with Crippen molar-refractivity contribution < 1.29 is 9.53 Å². The molecular weight excluding hydrogens is 282 g/mol. The largest absolute Gasteiger partial charge is 0.467 e. The van der Waals surface area contributed by atoms with Gasteiger partial charge in [-0.25, -0.2) is 9.78 Å². The third-order valence-electron chi connectivity index (χ3n) is 2.99. The average Bonchev–Trinajstić information content (AvgIpc) is 2.49. The smallest absolute Gasteiger partial charge is 0.323 e. The van der Waals surface area contributed by atoms with Gasteiger partial charge in [0.05, 0.1) is 13.3 Å². The summed E-state index contributed by atoms with van der Waals surface area (Å²) in [6.07, 6.45) is 1.51. The number of ether oxygens (including phenoxy) is 1. The van der Waals surface area contributed by atoms with E-state index in [1.807, 2.05) is 45.3 Å². The first-order valence-corrected chi connectivity index (χ1v) is 6.73.